The van der Waals surface area contributed by atoms with Crippen molar-refractivity contribution in [1.29, 1.82) is 10.5 Å². The van der Waals surface area contributed by atoms with E-state index in [0.29, 0.717) is 42.8 Å². The van der Waals surface area contributed by atoms with Crippen molar-refractivity contribution in [3.8, 4) is 12.1 Å². The topological polar surface area (TPSA) is 47.6 Å². The first-order chi connectivity index (χ1) is 10.6. The molecule has 0 radical (unpaired) electrons. The van der Waals surface area contributed by atoms with Crippen LogP contribution in [0.25, 0.3) is 0 Å². The van der Waals surface area contributed by atoms with Gasteiger partial charge in [0.05, 0.1) is 0 Å². The molecule has 0 atom stereocenters. The maximum absolute atomic E-state index is 8.82. The van der Waals surface area contributed by atoms with Gasteiger partial charge in [-0.1, -0.05) is 0 Å². The summed E-state index contributed by atoms with van der Waals surface area (Å²) in [6.45, 7) is 4.38. The molecule has 0 aromatic heterocycles. The molecule has 0 aliphatic heterocycles. The number of hydrogen-bond acceptors (Lipinski definition) is 2. The molecule has 1 aromatic rings. The van der Waals surface area contributed by atoms with Crippen LogP contribution in [-0.4, -0.2) is 29.9 Å². The first kappa shape index (κ1) is 20.2. The third-order valence-corrected chi connectivity index (χ3v) is 10.9. The van der Waals surface area contributed by atoms with Gasteiger partial charge < -0.3 is 0 Å². The molecule has 6 heteroatoms. The number of benzene rings is 1. The standard InChI is InChI=1S/C16H18Br2N2Se2/c1-3-11-13(17)14(18)12(4-2)16(22-10-6-8-20)15(11)21-9-5-7-19/h3-6,9-10H2,1-2H3. The quantitative estimate of drug-likeness (QED) is 0.363. The number of hydrogen-bond donors (Lipinski definition) is 0. The molecule has 22 heavy (non-hydrogen) atoms. The second-order valence-electron chi connectivity index (χ2n) is 4.46. The van der Waals surface area contributed by atoms with E-state index in [1.807, 2.05) is 0 Å². The summed E-state index contributed by atoms with van der Waals surface area (Å²) < 4.78 is 5.33. The van der Waals surface area contributed by atoms with E-state index in [2.05, 4.69) is 57.8 Å². The summed E-state index contributed by atoms with van der Waals surface area (Å²) in [7, 11) is 0. The Bertz CT molecular complexity index is 551. The van der Waals surface area contributed by atoms with Crippen molar-refractivity contribution < 1.29 is 0 Å². The van der Waals surface area contributed by atoms with Gasteiger partial charge in [0.25, 0.3) is 0 Å². The van der Waals surface area contributed by atoms with Crippen molar-refractivity contribution in [3.05, 3.63) is 20.1 Å². The molecule has 0 saturated carbocycles. The van der Waals surface area contributed by atoms with E-state index < -0.39 is 0 Å². The molecule has 0 N–H and O–H groups in total. The molecule has 1 rings (SSSR count). The van der Waals surface area contributed by atoms with Gasteiger partial charge in [-0.3, -0.25) is 0 Å². The zero-order valence-corrected chi connectivity index (χ0v) is 19.3. The molecular formula is C16H18Br2N2Se2. The summed E-state index contributed by atoms with van der Waals surface area (Å²) in [6.07, 6.45) is 3.24. The van der Waals surface area contributed by atoms with Gasteiger partial charge >= 0.3 is 164 Å². The molecule has 0 bridgehead atoms. The third kappa shape index (κ3) is 5.10. The predicted molar refractivity (Wildman–Crippen MR) is 101 cm³/mol. The van der Waals surface area contributed by atoms with Crippen molar-refractivity contribution in [2.75, 3.05) is 0 Å². The zero-order chi connectivity index (χ0) is 16.5. The van der Waals surface area contributed by atoms with Crippen molar-refractivity contribution >= 4 is 70.7 Å². The van der Waals surface area contributed by atoms with Crippen molar-refractivity contribution in [2.24, 2.45) is 0 Å². The average Bonchev–Trinajstić information content (AvgIpc) is 2.52. The summed E-state index contributed by atoms with van der Waals surface area (Å²) in [5.74, 6) is 0. The van der Waals surface area contributed by atoms with E-state index in [0.717, 1.165) is 23.5 Å². The Morgan fingerprint density at radius 2 is 1.18 bits per heavy atom. The van der Waals surface area contributed by atoms with Crippen LogP contribution < -0.4 is 8.92 Å². The summed E-state index contributed by atoms with van der Waals surface area (Å²) in [4.78, 5) is 0. The van der Waals surface area contributed by atoms with Crippen LogP contribution in [0, 0.1) is 22.7 Å². The third-order valence-electron chi connectivity index (χ3n) is 3.10. The van der Waals surface area contributed by atoms with E-state index in [4.69, 9.17) is 10.5 Å². The summed E-state index contributed by atoms with van der Waals surface area (Å²) in [5, 5.41) is 19.6. The fourth-order valence-electron chi connectivity index (χ4n) is 2.07. The fourth-order valence-corrected chi connectivity index (χ4v) is 9.88. The molecule has 0 heterocycles. The summed E-state index contributed by atoms with van der Waals surface area (Å²) >= 11 is 8.18. The van der Waals surface area contributed by atoms with Gasteiger partial charge in [-0.2, -0.15) is 0 Å². The zero-order valence-electron chi connectivity index (χ0n) is 12.7. The Balaban J connectivity index is 3.35. The summed E-state index contributed by atoms with van der Waals surface area (Å²) in [6, 6.07) is 4.52. The maximum atomic E-state index is 8.82. The fraction of sp³-hybridized carbons (Fsp3) is 0.500. The monoisotopic (exact) mass is 556 g/mol. The molecule has 118 valence electrons. The van der Waals surface area contributed by atoms with Gasteiger partial charge in [0.15, 0.2) is 0 Å². The van der Waals surface area contributed by atoms with Crippen molar-refractivity contribution in [3.63, 3.8) is 0 Å². The van der Waals surface area contributed by atoms with Gasteiger partial charge in [0.1, 0.15) is 0 Å². The van der Waals surface area contributed by atoms with E-state index in [9.17, 15) is 0 Å². The average molecular weight is 556 g/mol. The molecule has 0 spiro atoms. The molecule has 0 fully saturated rings. The van der Waals surface area contributed by atoms with Crippen molar-refractivity contribution in [2.45, 2.75) is 50.2 Å². The van der Waals surface area contributed by atoms with E-state index >= 15 is 0 Å². The first-order valence-electron chi connectivity index (χ1n) is 7.14. The Hall–Kier alpha value is 0.199. The van der Waals surface area contributed by atoms with Crippen molar-refractivity contribution in [1.82, 2.24) is 0 Å². The van der Waals surface area contributed by atoms with E-state index in [-0.39, 0.29) is 0 Å². The Morgan fingerprint density at radius 3 is 1.45 bits per heavy atom. The Labute approximate surface area is 162 Å². The van der Waals surface area contributed by atoms with Crippen LogP contribution in [0.15, 0.2) is 8.95 Å². The second kappa shape index (κ2) is 10.9. The minimum absolute atomic E-state index is 0.331. The van der Waals surface area contributed by atoms with Crippen LogP contribution in [-0.2, 0) is 12.8 Å². The van der Waals surface area contributed by atoms with Gasteiger partial charge in [0.2, 0.25) is 0 Å². The van der Waals surface area contributed by atoms with Crippen LogP contribution in [0.2, 0.25) is 10.6 Å². The van der Waals surface area contributed by atoms with Crippen LogP contribution in [0.3, 0.4) is 0 Å². The number of nitrogens with zero attached hydrogens (tertiary/aromatic N) is 2. The molecule has 0 saturated heterocycles. The van der Waals surface area contributed by atoms with Crippen LogP contribution >= 0.6 is 31.9 Å². The van der Waals surface area contributed by atoms with Gasteiger partial charge in [0, 0.05) is 0 Å². The van der Waals surface area contributed by atoms with Crippen LogP contribution in [0.5, 0.6) is 0 Å². The molecule has 2 nitrogen and oxygen atoms in total. The number of rotatable bonds is 8. The molecule has 0 aliphatic carbocycles. The normalized spacial score (nSPS) is 10.3. The van der Waals surface area contributed by atoms with Gasteiger partial charge in [-0.25, -0.2) is 0 Å². The number of halogens is 2. The molecule has 1 aromatic carbocycles. The van der Waals surface area contributed by atoms with E-state index in [1.54, 1.807) is 0 Å². The van der Waals surface area contributed by atoms with E-state index in [1.165, 1.54) is 29.0 Å². The number of nitriles is 2. The SMILES string of the molecule is CCc1c(Br)c(Br)c(CC)c([Se]CCC#N)c1[Se]CCC#N. The summed E-state index contributed by atoms with van der Waals surface area (Å²) in [5.41, 5.74) is 2.77. The molecule has 0 unspecified atom stereocenters. The van der Waals surface area contributed by atoms with Crippen LogP contribution in [0.1, 0.15) is 37.8 Å². The predicted octanol–water partition coefficient (Wildman–Crippen LogP) is 3.66. The van der Waals surface area contributed by atoms with Crippen LogP contribution in [0.4, 0.5) is 0 Å². The molecular weight excluding hydrogens is 538 g/mol. The minimum atomic E-state index is 0.331. The molecule has 0 aliphatic rings. The first-order valence-corrected chi connectivity index (χ1v) is 12.9. The Morgan fingerprint density at radius 1 is 0.818 bits per heavy atom. The molecule has 0 amide bonds. The Kier molecular flexibility index (Phi) is 10.0. The van der Waals surface area contributed by atoms with Gasteiger partial charge in [-0.15, -0.1) is 0 Å². The second-order valence-corrected chi connectivity index (χ2v) is 10.7. The van der Waals surface area contributed by atoms with Gasteiger partial charge in [-0.05, 0) is 0 Å².